The maximum absolute atomic E-state index is 11.7. The Kier molecular flexibility index (Phi) is 3.24. The molecule has 0 radical (unpaired) electrons. The van der Waals surface area contributed by atoms with E-state index in [1.165, 1.54) is 16.8 Å². The first-order valence-electron chi connectivity index (χ1n) is 5.74. The Labute approximate surface area is 93.3 Å². The number of rotatable bonds is 2. The average molecular weight is 223 g/mol. The van der Waals surface area contributed by atoms with Gasteiger partial charge in [0.2, 0.25) is 0 Å². The van der Waals surface area contributed by atoms with Crippen LogP contribution >= 0.6 is 0 Å². The number of nitrogens with zero attached hydrogens (tertiary/aromatic N) is 1. The molecule has 1 aromatic heterocycles. The van der Waals surface area contributed by atoms with Gasteiger partial charge in [-0.2, -0.15) is 0 Å². The summed E-state index contributed by atoms with van der Waals surface area (Å²) in [6.07, 6.45) is 4.20. The van der Waals surface area contributed by atoms with Crippen LogP contribution in [0.15, 0.2) is 21.7 Å². The molecule has 1 aliphatic rings. The lowest BCUT2D eigenvalue weighted by atomic mass is 9.84. The smallest absolute Gasteiger partial charge is 0.265 e. The predicted octanol–water partition coefficient (Wildman–Crippen LogP) is 0.227. The van der Waals surface area contributed by atoms with Gasteiger partial charge < -0.3 is 5.73 Å². The van der Waals surface area contributed by atoms with E-state index in [4.69, 9.17) is 5.73 Å². The molecule has 5 nitrogen and oxygen atoms in total. The van der Waals surface area contributed by atoms with Crippen LogP contribution in [0.2, 0.25) is 0 Å². The van der Waals surface area contributed by atoms with Gasteiger partial charge in [0.15, 0.2) is 0 Å². The first-order chi connectivity index (χ1) is 7.72. The summed E-state index contributed by atoms with van der Waals surface area (Å²) in [5, 5.41) is 2.60. The van der Waals surface area contributed by atoms with Crippen LogP contribution in [0.1, 0.15) is 31.7 Å². The first kappa shape index (κ1) is 11.1. The molecule has 0 spiro atoms. The molecule has 0 saturated heterocycles. The molecule has 1 aromatic rings. The summed E-state index contributed by atoms with van der Waals surface area (Å²) >= 11 is 0. The van der Waals surface area contributed by atoms with E-state index in [-0.39, 0.29) is 17.2 Å². The van der Waals surface area contributed by atoms with Crippen LogP contribution in [0.25, 0.3) is 0 Å². The molecule has 2 rings (SSSR count). The molecule has 1 saturated carbocycles. The Bertz CT molecular complexity index is 463. The van der Waals surface area contributed by atoms with Crippen LogP contribution in [0.5, 0.6) is 0 Å². The van der Waals surface area contributed by atoms with Crippen molar-refractivity contribution in [1.29, 1.82) is 0 Å². The van der Waals surface area contributed by atoms with Gasteiger partial charge in [0, 0.05) is 12.1 Å². The maximum Gasteiger partial charge on any atom is 0.265 e. The summed E-state index contributed by atoms with van der Waals surface area (Å²) < 4.78 is 1.46. The van der Waals surface area contributed by atoms with Gasteiger partial charge in [0.05, 0.1) is 6.04 Å². The minimum Gasteiger partial charge on any atom is -0.330 e. The lowest BCUT2D eigenvalue weighted by Gasteiger charge is -2.31. The van der Waals surface area contributed by atoms with E-state index in [0.29, 0.717) is 12.5 Å². The zero-order chi connectivity index (χ0) is 11.5. The number of aromatic amines is 1. The lowest BCUT2D eigenvalue weighted by molar-refractivity contribution is 0.220. The molecule has 88 valence electrons. The molecule has 3 N–H and O–H groups in total. The van der Waals surface area contributed by atoms with Crippen LogP contribution in [0.4, 0.5) is 0 Å². The molecule has 0 bridgehead atoms. The van der Waals surface area contributed by atoms with Gasteiger partial charge in [-0.05, 0) is 25.3 Å². The second-order valence-electron chi connectivity index (χ2n) is 4.37. The van der Waals surface area contributed by atoms with Gasteiger partial charge in [0.25, 0.3) is 11.1 Å². The molecule has 1 aliphatic carbocycles. The van der Waals surface area contributed by atoms with Crippen molar-refractivity contribution in [3.05, 3.63) is 32.8 Å². The van der Waals surface area contributed by atoms with Crippen molar-refractivity contribution in [3.8, 4) is 0 Å². The summed E-state index contributed by atoms with van der Waals surface area (Å²) in [7, 11) is 0. The van der Waals surface area contributed by atoms with E-state index >= 15 is 0 Å². The topological polar surface area (TPSA) is 80.9 Å². The van der Waals surface area contributed by atoms with E-state index in [9.17, 15) is 9.59 Å². The molecule has 0 aromatic carbocycles. The number of nitrogens with one attached hydrogen (secondary N) is 1. The van der Waals surface area contributed by atoms with Crippen molar-refractivity contribution in [2.24, 2.45) is 11.7 Å². The van der Waals surface area contributed by atoms with Gasteiger partial charge >= 0.3 is 0 Å². The SMILES string of the molecule is NCC1CCCCC1n1[nH]c(=O)ccc1=O. The lowest BCUT2D eigenvalue weighted by Crippen LogP contribution is -2.38. The van der Waals surface area contributed by atoms with Crippen LogP contribution in [0, 0.1) is 5.92 Å². The molecule has 1 heterocycles. The highest BCUT2D eigenvalue weighted by Crippen LogP contribution is 2.31. The van der Waals surface area contributed by atoms with Crippen molar-refractivity contribution in [3.63, 3.8) is 0 Å². The zero-order valence-electron chi connectivity index (χ0n) is 9.19. The quantitative estimate of drug-likeness (QED) is 0.753. The molecule has 0 aliphatic heterocycles. The fourth-order valence-corrected chi connectivity index (χ4v) is 2.49. The number of hydrogen-bond donors (Lipinski definition) is 2. The van der Waals surface area contributed by atoms with Crippen LogP contribution in [0.3, 0.4) is 0 Å². The Balaban J connectivity index is 2.37. The maximum atomic E-state index is 11.7. The minimum atomic E-state index is -0.235. The number of aromatic nitrogens is 2. The second kappa shape index (κ2) is 4.65. The summed E-state index contributed by atoms with van der Waals surface area (Å²) in [5.41, 5.74) is 5.33. The normalized spacial score (nSPS) is 25.6. The van der Waals surface area contributed by atoms with Crippen molar-refractivity contribution in [2.45, 2.75) is 31.7 Å². The Morgan fingerprint density at radius 1 is 1.31 bits per heavy atom. The predicted molar refractivity (Wildman–Crippen MR) is 61.4 cm³/mol. The van der Waals surface area contributed by atoms with Crippen molar-refractivity contribution >= 4 is 0 Å². The summed E-state index contributed by atoms with van der Waals surface area (Å²) in [6, 6.07) is 2.64. The van der Waals surface area contributed by atoms with Gasteiger partial charge in [-0.15, -0.1) is 0 Å². The largest absolute Gasteiger partial charge is 0.330 e. The molecule has 16 heavy (non-hydrogen) atoms. The van der Waals surface area contributed by atoms with Crippen LogP contribution in [-0.4, -0.2) is 16.3 Å². The molecular formula is C11H17N3O2. The van der Waals surface area contributed by atoms with Crippen molar-refractivity contribution < 1.29 is 0 Å². The molecule has 2 unspecified atom stereocenters. The first-order valence-corrected chi connectivity index (χ1v) is 5.74. The van der Waals surface area contributed by atoms with E-state index in [2.05, 4.69) is 5.10 Å². The van der Waals surface area contributed by atoms with E-state index in [1.54, 1.807) is 0 Å². The van der Waals surface area contributed by atoms with Gasteiger partial charge in [-0.3, -0.25) is 14.7 Å². The molecule has 1 fully saturated rings. The fourth-order valence-electron chi connectivity index (χ4n) is 2.49. The fraction of sp³-hybridized carbons (Fsp3) is 0.636. The van der Waals surface area contributed by atoms with E-state index in [0.717, 1.165) is 25.7 Å². The summed E-state index contributed by atoms with van der Waals surface area (Å²) in [6.45, 7) is 0.564. The second-order valence-corrected chi connectivity index (χ2v) is 4.37. The summed E-state index contributed by atoms with van der Waals surface area (Å²) in [4.78, 5) is 22.9. The highest BCUT2D eigenvalue weighted by molar-refractivity contribution is 4.90. The highest BCUT2D eigenvalue weighted by Gasteiger charge is 2.26. The van der Waals surface area contributed by atoms with Crippen LogP contribution in [-0.2, 0) is 0 Å². The van der Waals surface area contributed by atoms with E-state index < -0.39 is 0 Å². The van der Waals surface area contributed by atoms with Crippen molar-refractivity contribution in [2.75, 3.05) is 6.54 Å². The third-order valence-electron chi connectivity index (χ3n) is 3.35. The zero-order valence-corrected chi connectivity index (χ0v) is 9.19. The molecular weight excluding hydrogens is 206 g/mol. The molecule has 5 heteroatoms. The Morgan fingerprint density at radius 2 is 2.06 bits per heavy atom. The summed E-state index contributed by atoms with van der Waals surface area (Å²) in [5.74, 6) is 0.296. The van der Waals surface area contributed by atoms with E-state index in [1.807, 2.05) is 0 Å². The van der Waals surface area contributed by atoms with Crippen molar-refractivity contribution in [1.82, 2.24) is 9.78 Å². The van der Waals surface area contributed by atoms with Gasteiger partial charge in [0.1, 0.15) is 0 Å². The monoisotopic (exact) mass is 223 g/mol. The van der Waals surface area contributed by atoms with Crippen LogP contribution < -0.4 is 16.9 Å². The number of nitrogens with two attached hydrogens (primary N) is 1. The standard InChI is InChI=1S/C11H17N3O2/c12-7-8-3-1-2-4-9(8)14-11(16)6-5-10(15)13-14/h5-6,8-9H,1-4,7,12H2,(H,13,15). The Hall–Kier alpha value is -1.36. The third kappa shape index (κ3) is 2.09. The Morgan fingerprint density at radius 3 is 2.81 bits per heavy atom. The molecule has 2 atom stereocenters. The average Bonchev–Trinajstić information content (AvgIpc) is 2.32. The van der Waals surface area contributed by atoms with Gasteiger partial charge in [-0.25, -0.2) is 4.68 Å². The highest BCUT2D eigenvalue weighted by atomic mass is 16.1. The minimum absolute atomic E-state index is 0.0557. The van der Waals surface area contributed by atoms with Gasteiger partial charge in [-0.1, -0.05) is 12.8 Å². The molecule has 0 amide bonds. The third-order valence-corrected chi connectivity index (χ3v) is 3.35. The number of hydrogen-bond acceptors (Lipinski definition) is 3. The number of H-pyrrole nitrogens is 1.